The zero-order chi connectivity index (χ0) is 21.3. The van der Waals surface area contributed by atoms with E-state index in [9.17, 15) is 22.8 Å². The van der Waals surface area contributed by atoms with Gasteiger partial charge in [0.15, 0.2) is 6.10 Å². The Labute approximate surface area is 168 Å². The van der Waals surface area contributed by atoms with Gasteiger partial charge in [0.25, 0.3) is 5.91 Å². The Hall–Kier alpha value is -3.00. The predicted octanol–water partition coefficient (Wildman–Crippen LogP) is 5.60. The molecule has 2 aromatic carbocycles. The molecule has 152 valence electrons. The monoisotopic (exact) mass is 425 g/mol. The SMILES string of the molecule is Cc1c(C(=O)OC(C)C(=O)Nc2cc(C(F)(F)F)ccc2Cl)oc2ccccc12. The van der Waals surface area contributed by atoms with E-state index in [4.69, 9.17) is 20.8 Å². The summed E-state index contributed by atoms with van der Waals surface area (Å²) in [5.74, 6) is -1.76. The maximum atomic E-state index is 12.8. The highest BCUT2D eigenvalue weighted by Crippen LogP contribution is 2.34. The molecule has 0 aliphatic rings. The minimum atomic E-state index is -4.60. The molecular weight excluding hydrogens is 411 g/mol. The van der Waals surface area contributed by atoms with E-state index < -0.39 is 29.7 Å². The number of aryl methyl sites for hydroxylation is 1. The number of halogens is 4. The number of fused-ring (bicyclic) bond motifs is 1. The molecule has 3 rings (SSSR count). The van der Waals surface area contributed by atoms with Gasteiger partial charge in [0.05, 0.1) is 16.3 Å². The molecular formula is C20H15ClF3NO4. The van der Waals surface area contributed by atoms with Crippen LogP contribution in [0.4, 0.5) is 18.9 Å². The molecule has 3 aromatic rings. The van der Waals surface area contributed by atoms with Crippen molar-refractivity contribution in [3.05, 3.63) is 64.4 Å². The molecule has 0 bridgehead atoms. The third kappa shape index (κ3) is 4.37. The van der Waals surface area contributed by atoms with E-state index in [1.54, 1.807) is 31.2 Å². The third-order valence-electron chi connectivity index (χ3n) is 4.23. The average molecular weight is 426 g/mol. The van der Waals surface area contributed by atoms with Crippen molar-refractivity contribution in [2.24, 2.45) is 0 Å². The highest BCUT2D eigenvalue weighted by atomic mass is 35.5. The number of rotatable bonds is 4. The van der Waals surface area contributed by atoms with Crippen molar-refractivity contribution < 1.29 is 31.9 Å². The smallest absolute Gasteiger partial charge is 0.416 e. The zero-order valence-electron chi connectivity index (χ0n) is 15.3. The Balaban J connectivity index is 1.74. The van der Waals surface area contributed by atoms with Gasteiger partial charge in [-0.25, -0.2) is 4.79 Å². The minimum absolute atomic E-state index is 0.0528. The number of esters is 1. The topological polar surface area (TPSA) is 68.5 Å². The van der Waals surface area contributed by atoms with Crippen molar-refractivity contribution in [2.75, 3.05) is 5.32 Å². The van der Waals surface area contributed by atoms with Crippen LogP contribution in [-0.4, -0.2) is 18.0 Å². The van der Waals surface area contributed by atoms with Gasteiger partial charge >= 0.3 is 12.1 Å². The fourth-order valence-electron chi connectivity index (χ4n) is 2.67. The number of alkyl halides is 3. The summed E-state index contributed by atoms with van der Waals surface area (Å²) in [4.78, 5) is 24.7. The van der Waals surface area contributed by atoms with Gasteiger partial charge in [-0.3, -0.25) is 4.79 Å². The second-order valence-electron chi connectivity index (χ2n) is 6.28. The van der Waals surface area contributed by atoms with Gasteiger partial charge in [0, 0.05) is 10.9 Å². The van der Waals surface area contributed by atoms with Gasteiger partial charge in [-0.05, 0) is 38.1 Å². The number of hydrogen-bond acceptors (Lipinski definition) is 4. The van der Waals surface area contributed by atoms with Gasteiger partial charge in [-0.2, -0.15) is 13.2 Å². The Morgan fingerprint density at radius 2 is 1.86 bits per heavy atom. The first-order valence-electron chi connectivity index (χ1n) is 8.44. The Morgan fingerprint density at radius 3 is 2.52 bits per heavy atom. The summed E-state index contributed by atoms with van der Waals surface area (Å²) in [6, 6.07) is 9.52. The van der Waals surface area contributed by atoms with Gasteiger partial charge in [-0.1, -0.05) is 29.8 Å². The number of benzene rings is 2. The largest absolute Gasteiger partial charge is 0.449 e. The van der Waals surface area contributed by atoms with Crippen molar-refractivity contribution >= 4 is 40.1 Å². The molecule has 0 aliphatic carbocycles. The van der Waals surface area contributed by atoms with Crippen LogP contribution in [0.3, 0.4) is 0 Å². The molecule has 0 spiro atoms. The molecule has 0 radical (unpaired) electrons. The molecule has 1 unspecified atom stereocenters. The maximum absolute atomic E-state index is 12.8. The van der Waals surface area contributed by atoms with Crippen LogP contribution in [0.2, 0.25) is 5.02 Å². The number of carbonyl (C=O) groups is 2. The molecule has 1 N–H and O–H groups in total. The number of hydrogen-bond donors (Lipinski definition) is 1. The first kappa shape index (κ1) is 20.7. The molecule has 0 fully saturated rings. The summed E-state index contributed by atoms with van der Waals surface area (Å²) in [6.07, 6.45) is -5.90. The van der Waals surface area contributed by atoms with Crippen LogP contribution in [0.25, 0.3) is 11.0 Å². The lowest BCUT2D eigenvalue weighted by atomic mass is 10.1. The molecule has 5 nitrogen and oxygen atoms in total. The fraction of sp³-hybridized carbons (Fsp3) is 0.200. The zero-order valence-corrected chi connectivity index (χ0v) is 16.0. The lowest BCUT2D eigenvalue weighted by molar-refractivity contribution is -0.137. The number of ether oxygens (including phenoxy) is 1. The van der Waals surface area contributed by atoms with E-state index in [2.05, 4.69) is 5.32 Å². The van der Waals surface area contributed by atoms with Crippen LogP contribution in [-0.2, 0) is 15.7 Å². The summed E-state index contributed by atoms with van der Waals surface area (Å²) in [5.41, 5.74) is -0.169. The maximum Gasteiger partial charge on any atom is 0.416 e. The number of para-hydroxylation sites is 1. The number of nitrogens with one attached hydrogen (secondary N) is 1. The molecule has 9 heteroatoms. The predicted molar refractivity (Wildman–Crippen MR) is 101 cm³/mol. The molecule has 1 amide bonds. The van der Waals surface area contributed by atoms with Crippen LogP contribution in [0.5, 0.6) is 0 Å². The molecule has 0 saturated heterocycles. The van der Waals surface area contributed by atoms with Crippen molar-refractivity contribution in [1.29, 1.82) is 0 Å². The molecule has 1 heterocycles. The molecule has 0 saturated carbocycles. The summed E-state index contributed by atoms with van der Waals surface area (Å²) < 4.78 is 49.1. The highest BCUT2D eigenvalue weighted by Gasteiger charge is 2.31. The summed E-state index contributed by atoms with van der Waals surface area (Å²) in [6.45, 7) is 2.96. The third-order valence-corrected chi connectivity index (χ3v) is 4.56. The highest BCUT2D eigenvalue weighted by molar-refractivity contribution is 6.33. The normalized spacial score (nSPS) is 12.6. The first-order valence-corrected chi connectivity index (χ1v) is 8.82. The van der Waals surface area contributed by atoms with E-state index in [1.165, 1.54) is 6.92 Å². The number of furan rings is 1. The van der Waals surface area contributed by atoms with Crippen LogP contribution < -0.4 is 5.32 Å². The van der Waals surface area contributed by atoms with Crippen molar-refractivity contribution in [1.82, 2.24) is 0 Å². The van der Waals surface area contributed by atoms with Crippen LogP contribution in [0.15, 0.2) is 46.9 Å². The van der Waals surface area contributed by atoms with Crippen LogP contribution in [0.1, 0.15) is 28.6 Å². The van der Waals surface area contributed by atoms with Gasteiger partial charge < -0.3 is 14.5 Å². The number of carbonyl (C=O) groups excluding carboxylic acids is 2. The van der Waals surface area contributed by atoms with E-state index in [1.807, 2.05) is 0 Å². The van der Waals surface area contributed by atoms with E-state index in [0.717, 1.165) is 17.5 Å². The summed E-state index contributed by atoms with van der Waals surface area (Å²) in [7, 11) is 0. The van der Waals surface area contributed by atoms with Gasteiger partial charge in [0.2, 0.25) is 5.76 Å². The molecule has 29 heavy (non-hydrogen) atoms. The van der Waals surface area contributed by atoms with Crippen LogP contribution >= 0.6 is 11.6 Å². The molecule has 1 aromatic heterocycles. The number of amides is 1. The summed E-state index contributed by atoms with van der Waals surface area (Å²) in [5, 5.41) is 2.89. The first-order chi connectivity index (χ1) is 13.6. The summed E-state index contributed by atoms with van der Waals surface area (Å²) >= 11 is 5.86. The average Bonchev–Trinajstić information content (AvgIpc) is 2.99. The fourth-order valence-corrected chi connectivity index (χ4v) is 2.83. The standard InChI is InChI=1S/C20H15ClF3NO4/c1-10-13-5-3-4-6-16(13)29-17(10)19(27)28-11(2)18(26)25-15-9-12(20(22,23)24)7-8-14(15)21/h3-9,11H,1-2H3,(H,25,26). The number of anilines is 1. The van der Waals surface area contributed by atoms with Crippen molar-refractivity contribution in [2.45, 2.75) is 26.1 Å². The van der Waals surface area contributed by atoms with E-state index >= 15 is 0 Å². The van der Waals surface area contributed by atoms with Crippen molar-refractivity contribution in [3.63, 3.8) is 0 Å². The second kappa shape index (κ2) is 7.79. The Bertz CT molecular complexity index is 1090. The molecule has 0 aliphatic heterocycles. The molecule has 1 atom stereocenters. The van der Waals surface area contributed by atoms with Gasteiger partial charge in [0.1, 0.15) is 5.58 Å². The Morgan fingerprint density at radius 1 is 1.17 bits per heavy atom. The lowest BCUT2D eigenvalue weighted by Crippen LogP contribution is -2.30. The van der Waals surface area contributed by atoms with Crippen molar-refractivity contribution in [3.8, 4) is 0 Å². The lowest BCUT2D eigenvalue weighted by Gasteiger charge is -2.15. The van der Waals surface area contributed by atoms with Gasteiger partial charge in [-0.15, -0.1) is 0 Å². The van der Waals surface area contributed by atoms with Crippen LogP contribution in [0, 0.1) is 6.92 Å². The quantitative estimate of drug-likeness (QED) is 0.553. The van der Waals surface area contributed by atoms with E-state index in [0.29, 0.717) is 17.2 Å². The van der Waals surface area contributed by atoms with E-state index in [-0.39, 0.29) is 16.5 Å². The second-order valence-corrected chi connectivity index (χ2v) is 6.69. The minimum Gasteiger partial charge on any atom is -0.449 e. The Kier molecular flexibility index (Phi) is 5.57.